The van der Waals surface area contributed by atoms with Crippen LogP contribution in [0.5, 0.6) is 0 Å². The molecule has 0 saturated heterocycles. The van der Waals surface area contributed by atoms with Gasteiger partial charge in [-0.15, -0.1) is 11.6 Å². The fourth-order valence-corrected chi connectivity index (χ4v) is 1.56. The van der Waals surface area contributed by atoms with E-state index in [0.29, 0.717) is 5.57 Å². The molecule has 1 aliphatic rings. The molecule has 0 fully saturated rings. The van der Waals surface area contributed by atoms with Gasteiger partial charge >= 0.3 is 0 Å². The zero-order chi connectivity index (χ0) is 10.2. The van der Waals surface area contributed by atoms with E-state index in [4.69, 9.17) is 11.6 Å². The van der Waals surface area contributed by atoms with Gasteiger partial charge in [0.1, 0.15) is 0 Å². The monoisotopic (exact) mass is 203 g/mol. The molecule has 0 bridgehead atoms. The highest BCUT2D eigenvalue weighted by Gasteiger charge is 2.36. The minimum Gasteiger partial charge on any atom is -0.387 e. The third kappa shape index (κ3) is 1.89. The van der Waals surface area contributed by atoms with Gasteiger partial charge in [0.25, 0.3) is 5.70 Å². The van der Waals surface area contributed by atoms with E-state index in [9.17, 15) is 15.2 Å². The Hall–Kier alpha value is -0.870. The average molecular weight is 204 g/mol. The van der Waals surface area contributed by atoms with Crippen LogP contribution in [0.2, 0.25) is 0 Å². The summed E-state index contributed by atoms with van der Waals surface area (Å²) in [5, 5.41) is 20.0. The number of halogens is 1. The molecule has 1 aliphatic carbocycles. The third-order valence-electron chi connectivity index (χ3n) is 1.98. The molecular formula is C8H10ClNO3. The van der Waals surface area contributed by atoms with Crippen molar-refractivity contribution < 1.29 is 10.0 Å². The molecule has 1 rings (SSSR count). The molecule has 0 spiro atoms. The standard InChI is InChI=1S/C8H10ClNO3/c1-5-3-6(10(12)13)4-8(2,9)7(5)11/h3-4,7,11H,1-2H3. The van der Waals surface area contributed by atoms with Crippen molar-refractivity contribution in [2.24, 2.45) is 0 Å². The van der Waals surface area contributed by atoms with Gasteiger partial charge in [0.2, 0.25) is 0 Å². The molecular weight excluding hydrogens is 194 g/mol. The number of hydrogen-bond acceptors (Lipinski definition) is 3. The summed E-state index contributed by atoms with van der Waals surface area (Å²) in [5.41, 5.74) is 0.437. The number of aliphatic hydroxyl groups excluding tert-OH is 1. The summed E-state index contributed by atoms with van der Waals surface area (Å²) in [6.45, 7) is 3.15. The zero-order valence-corrected chi connectivity index (χ0v) is 8.08. The van der Waals surface area contributed by atoms with Gasteiger partial charge in [-0.3, -0.25) is 10.1 Å². The van der Waals surface area contributed by atoms with E-state index in [0.717, 1.165) is 0 Å². The molecule has 13 heavy (non-hydrogen) atoms. The van der Waals surface area contributed by atoms with Crippen molar-refractivity contribution in [1.29, 1.82) is 0 Å². The van der Waals surface area contributed by atoms with E-state index >= 15 is 0 Å². The molecule has 0 radical (unpaired) electrons. The lowest BCUT2D eigenvalue weighted by Gasteiger charge is -2.27. The van der Waals surface area contributed by atoms with E-state index in [1.54, 1.807) is 13.8 Å². The van der Waals surface area contributed by atoms with Crippen LogP contribution < -0.4 is 0 Å². The van der Waals surface area contributed by atoms with Crippen LogP contribution in [0.15, 0.2) is 23.4 Å². The molecule has 0 aliphatic heterocycles. The summed E-state index contributed by atoms with van der Waals surface area (Å²) >= 11 is 5.88. The molecule has 0 aromatic heterocycles. The van der Waals surface area contributed by atoms with Gasteiger partial charge in [-0.05, 0) is 19.4 Å². The molecule has 0 amide bonds. The van der Waals surface area contributed by atoms with Crippen LogP contribution in [0.1, 0.15) is 13.8 Å². The van der Waals surface area contributed by atoms with Crippen molar-refractivity contribution in [3.05, 3.63) is 33.5 Å². The molecule has 2 unspecified atom stereocenters. The number of nitro groups is 1. The van der Waals surface area contributed by atoms with Gasteiger partial charge in [0.05, 0.1) is 15.9 Å². The van der Waals surface area contributed by atoms with Crippen LogP contribution in [0.25, 0.3) is 0 Å². The lowest BCUT2D eigenvalue weighted by molar-refractivity contribution is -0.419. The number of alkyl halides is 1. The lowest BCUT2D eigenvalue weighted by Crippen LogP contribution is -2.35. The van der Waals surface area contributed by atoms with Gasteiger partial charge < -0.3 is 5.11 Å². The molecule has 0 aromatic rings. The fourth-order valence-electron chi connectivity index (χ4n) is 1.27. The largest absolute Gasteiger partial charge is 0.387 e. The van der Waals surface area contributed by atoms with Gasteiger partial charge in [0.15, 0.2) is 0 Å². The van der Waals surface area contributed by atoms with E-state index in [2.05, 4.69) is 0 Å². The van der Waals surface area contributed by atoms with E-state index in [1.165, 1.54) is 12.2 Å². The van der Waals surface area contributed by atoms with Crippen LogP contribution in [0.4, 0.5) is 0 Å². The molecule has 72 valence electrons. The van der Waals surface area contributed by atoms with E-state index < -0.39 is 15.9 Å². The summed E-state index contributed by atoms with van der Waals surface area (Å²) in [7, 11) is 0. The Labute approximate surface area is 80.7 Å². The van der Waals surface area contributed by atoms with Crippen molar-refractivity contribution in [1.82, 2.24) is 0 Å². The number of hydrogen-bond donors (Lipinski definition) is 1. The van der Waals surface area contributed by atoms with Crippen molar-refractivity contribution in [2.75, 3.05) is 0 Å². The Bertz CT molecular complexity index is 307. The maximum Gasteiger partial charge on any atom is 0.267 e. The predicted molar refractivity (Wildman–Crippen MR) is 49.1 cm³/mol. The first-order chi connectivity index (χ1) is 5.84. The molecule has 0 heterocycles. The Morgan fingerprint density at radius 2 is 2.31 bits per heavy atom. The van der Waals surface area contributed by atoms with Gasteiger partial charge in [-0.2, -0.15) is 0 Å². The third-order valence-corrected chi connectivity index (χ3v) is 2.30. The first-order valence-corrected chi connectivity index (χ1v) is 4.15. The average Bonchev–Trinajstić information content (AvgIpc) is 1.99. The fraction of sp³-hybridized carbons (Fsp3) is 0.500. The highest BCUT2D eigenvalue weighted by Crippen LogP contribution is 2.32. The van der Waals surface area contributed by atoms with E-state index in [1.807, 2.05) is 0 Å². The lowest BCUT2D eigenvalue weighted by atomic mass is 9.91. The minimum atomic E-state index is -1.08. The molecule has 4 nitrogen and oxygen atoms in total. The number of nitrogens with zero attached hydrogens (tertiary/aromatic N) is 1. The summed E-state index contributed by atoms with van der Waals surface area (Å²) in [4.78, 5) is 8.85. The second kappa shape index (κ2) is 3.12. The normalized spacial score (nSPS) is 33.7. The Kier molecular flexibility index (Phi) is 2.45. The Balaban J connectivity index is 3.11. The van der Waals surface area contributed by atoms with Crippen LogP contribution >= 0.6 is 11.6 Å². The molecule has 5 heteroatoms. The highest BCUT2D eigenvalue weighted by atomic mass is 35.5. The van der Waals surface area contributed by atoms with E-state index in [-0.39, 0.29) is 5.70 Å². The maximum atomic E-state index is 10.4. The van der Waals surface area contributed by atoms with Crippen molar-refractivity contribution in [3.63, 3.8) is 0 Å². The Morgan fingerprint density at radius 3 is 2.69 bits per heavy atom. The van der Waals surface area contributed by atoms with Crippen molar-refractivity contribution >= 4 is 11.6 Å². The Morgan fingerprint density at radius 1 is 1.77 bits per heavy atom. The summed E-state index contributed by atoms with van der Waals surface area (Å²) in [6, 6.07) is 0. The highest BCUT2D eigenvalue weighted by molar-refractivity contribution is 6.25. The van der Waals surface area contributed by atoms with Crippen molar-refractivity contribution in [3.8, 4) is 0 Å². The molecule has 0 saturated carbocycles. The first kappa shape index (κ1) is 10.2. The topological polar surface area (TPSA) is 63.4 Å². The van der Waals surface area contributed by atoms with Gasteiger partial charge in [0, 0.05) is 12.2 Å². The zero-order valence-electron chi connectivity index (χ0n) is 7.32. The first-order valence-electron chi connectivity index (χ1n) is 3.77. The van der Waals surface area contributed by atoms with Gasteiger partial charge in [-0.1, -0.05) is 0 Å². The predicted octanol–water partition coefficient (Wildman–Crippen LogP) is 1.47. The van der Waals surface area contributed by atoms with Crippen LogP contribution in [-0.2, 0) is 0 Å². The summed E-state index contributed by atoms with van der Waals surface area (Å²) < 4.78 is 0. The SMILES string of the molecule is CC1=CC([N+](=O)[O-])=CC(C)(Cl)C1O. The van der Waals surface area contributed by atoms with Crippen LogP contribution in [0.3, 0.4) is 0 Å². The van der Waals surface area contributed by atoms with Crippen LogP contribution in [0, 0.1) is 10.1 Å². The summed E-state index contributed by atoms with van der Waals surface area (Å²) in [5.74, 6) is 0. The van der Waals surface area contributed by atoms with Gasteiger partial charge in [-0.25, -0.2) is 0 Å². The number of allylic oxidation sites excluding steroid dienone is 1. The quantitative estimate of drug-likeness (QED) is 0.399. The molecule has 2 atom stereocenters. The second-order valence-electron chi connectivity index (χ2n) is 3.27. The van der Waals surface area contributed by atoms with Crippen molar-refractivity contribution in [2.45, 2.75) is 24.8 Å². The smallest absolute Gasteiger partial charge is 0.267 e. The number of aliphatic hydroxyl groups is 1. The molecule has 1 N–H and O–H groups in total. The summed E-state index contributed by atoms with van der Waals surface area (Å²) in [6.07, 6.45) is 1.72. The molecule has 0 aromatic carbocycles. The van der Waals surface area contributed by atoms with Crippen LogP contribution in [-0.4, -0.2) is 21.0 Å². The number of rotatable bonds is 1. The maximum absolute atomic E-state index is 10.4. The second-order valence-corrected chi connectivity index (χ2v) is 4.08. The minimum absolute atomic E-state index is 0.0692.